The molecule has 4 N–H and O–H groups in total. The molecule has 8 heteroatoms. The van der Waals surface area contributed by atoms with Gasteiger partial charge in [0.25, 0.3) is 5.56 Å². The van der Waals surface area contributed by atoms with E-state index in [1.165, 1.54) is 4.57 Å². The first-order valence-electron chi connectivity index (χ1n) is 7.19. The molecule has 1 fully saturated rings. The number of H-pyrrole nitrogens is 1. The molecule has 0 aliphatic heterocycles. The number of nitrogens with one attached hydrogen (secondary N) is 4. The van der Waals surface area contributed by atoms with E-state index in [-0.39, 0.29) is 17.5 Å². The van der Waals surface area contributed by atoms with Crippen LogP contribution in [0.1, 0.15) is 32.6 Å². The number of aromatic nitrogens is 2. The number of nitrogens with zero attached hydrogens (tertiary/aromatic N) is 1. The maximum absolute atomic E-state index is 12.0. The number of carbonyl (C=O) groups excluding carboxylic acids is 1. The second-order valence-corrected chi connectivity index (χ2v) is 5.11. The molecule has 0 aromatic carbocycles. The van der Waals surface area contributed by atoms with Crippen molar-refractivity contribution < 1.29 is 4.79 Å². The van der Waals surface area contributed by atoms with E-state index in [9.17, 15) is 14.4 Å². The first kappa shape index (κ1) is 15.1. The number of anilines is 2. The zero-order chi connectivity index (χ0) is 15.4. The number of urea groups is 1. The minimum atomic E-state index is -0.544. The van der Waals surface area contributed by atoms with Crippen LogP contribution in [0.3, 0.4) is 0 Å². The Balaban J connectivity index is 2.34. The highest BCUT2D eigenvalue weighted by molar-refractivity contribution is 5.91. The molecule has 116 valence electrons. The van der Waals surface area contributed by atoms with E-state index in [0.717, 1.165) is 25.7 Å². The van der Waals surface area contributed by atoms with Crippen molar-refractivity contribution in [2.75, 3.05) is 17.7 Å². The zero-order valence-electron chi connectivity index (χ0n) is 12.3. The summed E-state index contributed by atoms with van der Waals surface area (Å²) in [5, 5.41) is 8.13. The largest absolute Gasteiger partial charge is 0.381 e. The van der Waals surface area contributed by atoms with Gasteiger partial charge in [0.2, 0.25) is 0 Å². The Morgan fingerprint density at radius 3 is 2.67 bits per heavy atom. The van der Waals surface area contributed by atoms with Crippen molar-refractivity contribution in [1.82, 2.24) is 14.9 Å². The van der Waals surface area contributed by atoms with Crippen molar-refractivity contribution >= 4 is 17.5 Å². The maximum Gasteiger partial charge on any atom is 0.330 e. The van der Waals surface area contributed by atoms with Crippen molar-refractivity contribution in [2.24, 2.45) is 0 Å². The van der Waals surface area contributed by atoms with E-state index in [2.05, 4.69) is 20.9 Å². The molecular weight excluding hydrogens is 274 g/mol. The molecule has 2 amide bonds. The van der Waals surface area contributed by atoms with E-state index in [1.807, 2.05) is 6.92 Å². The topological polar surface area (TPSA) is 108 Å². The summed E-state index contributed by atoms with van der Waals surface area (Å²) in [5.41, 5.74) is -0.886. The summed E-state index contributed by atoms with van der Waals surface area (Å²) in [5.74, 6) is 0.206. The van der Waals surface area contributed by atoms with Gasteiger partial charge in [-0.15, -0.1) is 0 Å². The number of amides is 2. The van der Waals surface area contributed by atoms with Crippen LogP contribution in [0.2, 0.25) is 0 Å². The average molecular weight is 295 g/mol. The van der Waals surface area contributed by atoms with Gasteiger partial charge >= 0.3 is 11.7 Å². The van der Waals surface area contributed by atoms with Crippen molar-refractivity contribution in [1.29, 1.82) is 0 Å². The smallest absolute Gasteiger partial charge is 0.330 e. The summed E-state index contributed by atoms with van der Waals surface area (Å²) < 4.78 is 1.38. The normalized spacial score (nSPS) is 13.8. The van der Waals surface area contributed by atoms with Crippen molar-refractivity contribution in [2.45, 2.75) is 45.2 Å². The molecule has 1 heterocycles. The lowest BCUT2D eigenvalue weighted by molar-refractivity contribution is 0.251. The minimum Gasteiger partial charge on any atom is -0.381 e. The highest BCUT2D eigenvalue weighted by Gasteiger charge is 2.24. The highest BCUT2D eigenvalue weighted by atomic mass is 16.2. The first-order chi connectivity index (χ1) is 10.1. The Morgan fingerprint density at radius 2 is 2.10 bits per heavy atom. The summed E-state index contributed by atoms with van der Waals surface area (Å²) in [4.78, 5) is 37.9. The van der Waals surface area contributed by atoms with Gasteiger partial charge < -0.3 is 10.6 Å². The van der Waals surface area contributed by atoms with E-state index in [0.29, 0.717) is 6.54 Å². The SMILES string of the molecule is CCCCn1c(NC(=O)NC2CC2)c(NC)c(=O)[nH]c1=O. The molecule has 0 bridgehead atoms. The Morgan fingerprint density at radius 1 is 1.38 bits per heavy atom. The number of aromatic amines is 1. The van der Waals surface area contributed by atoms with Gasteiger partial charge in [-0.2, -0.15) is 0 Å². The van der Waals surface area contributed by atoms with Gasteiger partial charge in [-0.05, 0) is 19.3 Å². The molecule has 1 aromatic rings. The quantitative estimate of drug-likeness (QED) is 0.618. The molecule has 21 heavy (non-hydrogen) atoms. The summed E-state index contributed by atoms with van der Waals surface area (Å²) in [6, 6.07) is -0.204. The van der Waals surface area contributed by atoms with Crippen molar-refractivity contribution in [3.63, 3.8) is 0 Å². The third kappa shape index (κ3) is 3.65. The van der Waals surface area contributed by atoms with E-state index in [1.54, 1.807) is 7.05 Å². The third-order valence-corrected chi connectivity index (χ3v) is 3.33. The summed E-state index contributed by atoms with van der Waals surface area (Å²) >= 11 is 0. The lowest BCUT2D eigenvalue weighted by Gasteiger charge is -2.16. The van der Waals surface area contributed by atoms with Gasteiger partial charge in [-0.25, -0.2) is 9.59 Å². The molecule has 0 radical (unpaired) electrons. The van der Waals surface area contributed by atoms with E-state index >= 15 is 0 Å². The van der Waals surface area contributed by atoms with Crippen LogP contribution < -0.4 is 27.2 Å². The average Bonchev–Trinajstić information content (AvgIpc) is 3.22. The standard InChI is InChI=1S/C13H21N5O3/c1-3-4-7-18-10(16-12(20)15-8-5-6-8)9(14-2)11(19)17-13(18)21/h8,14H,3-7H2,1-2H3,(H2,15,16,20)(H,17,19,21). The van der Waals surface area contributed by atoms with Crippen LogP contribution in [0.5, 0.6) is 0 Å². The monoisotopic (exact) mass is 295 g/mol. The maximum atomic E-state index is 12.0. The lowest BCUT2D eigenvalue weighted by Crippen LogP contribution is -2.38. The molecule has 0 saturated heterocycles. The Hall–Kier alpha value is -2.25. The van der Waals surface area contributed by atoms with E-state index in [4.69, 9.17) is 0 Å². The fourth-order valence-corrected chi connectivity index (χ4v) is 2.02. The van der Waals surface area contributed by atoms with Gasteiger partial charge in [0, 0.05) is 19.6 Å². The van der Waals surface area contributed by atoms with Crippen LogP contribution in [0.4, 0.5) is 16.3 Å². The third-order valence-electron chi connectivity index (χ3n) is 3.33. The van der Waals surface area contributed by atoms with Gasteiger partial charge in [-0.1, -0.05) is 13.3 Å². The molecule has 0 spiro atoms. The van der Waals surface area contributed by atoms with Gasteiger partial charge in [0.15, 0.2) is 0 Å². The minimum absolute atomic E-state index is 0.177. The van der Waals surface area contributed by atoms with Crippen molar-refractivity contribution in [3.8, 4) is 0 Å². The molecule has 1 aliphatic rings. The zero-order valence-corrected chi connectivity index (χ0v) is 12.3. The van der Waals surface area contributed by atoms with Crippen LogP contribution in [0.25, 0.3) is 0 Å². The number of hydrogen-bond donors (Lipinski definition) is 4. The number of hydrogen-bond acceptors (Lipinski definition) is 4. The number of unbranched alkanes of at least 4 members (excludes halogenated alkanes) is 1. The summed E-state index contributed by atoms with van der Waals surface area (Å²) in [6.45, 7) is 2.43. The Labute approximate surface area is 121 Å². The predicted molar refractivity (Wildman–Crippen MR) is 81.0 cm³/mol. The second kappa shape index (κ2) is 6.47. The predicted octanol–water partition coefficient (Wildman–Crippen LogP) is 0.662. The van der Waals surface area contributed by atoms with Crippen LogP contribution in [-0.4, -0.2) is 28.7 Å². The van der Waals surface area contributed by atoms with Crippen LogP contribution in [-0.2, 0) is 6.54 Å². The Kier molecular flexibility index (Phi) is 4.66. The van der Waals surface area contributed by atoms with Crippen LogP contribution >= 0.6 is 0 Å². The molecule has 2 rings (SSSR count). The van der Waals surface area contributed by atoms with Crippen LogP contribution in [0.15, 0.2) is 9.59 Å². The molecule has 1 aromatic heterocycles. The summed E-state index contributed by atoms with van der Waals surface area (Å²) in [6.07, 6.45) is 3.59. The van der Waals surface area contributed by atoms with E-state index < -0.39 is 17.3 Å². The molecule has 1 aliphatic carbocycles. The molecule has 8 nitrogen and oxygen atoms in total. The fourth-order valence-electron chi connectivity index (χ4n) is 2.02. The lowest BCUT2D eigenvalue weighted by atomic mass is 10.3. The first-order valence-corrected chi connectivity index (χ1v) is 7.19. The summed E-state index contributed by atoms with van der Waals surface area (Å²) in [7, 11) is 1.57. The van der Waals surface area contributed by atoms with Crippen molar-refractivity contribution in [3.05, 3.63) is 20.8 Å². The van der Waals surface area contributed by atoms with Gasteiger partial charge in [0.1, 0.15) is 11.5 Å². The van der Waals surface area contributed by atoms with Crippen LogP contribution in [0, 0.1) is 0 Å². The molecule has 0 atom stereocenters. The molecular formula is C13H21N5O3. The Bertz CT molecular complexity index is 630. The molecule has 1 saturated carbocycles. The number of carbonyl (C=O) groups is 1. The molecule has 0 unspecified atom stereocenters. The van der Waals surface area contributed by atoms with Gasteiger partial charge in [0.05, 0.1) is 0 Å². The fraction of sp³-hybridized carbons (Fsp3) is 0.615. The highest BCUT2D eigenvalue weighted by Crippen LogP contribution is 2.20. The number of rotatable bonds is 6. The van der Waals surface area contributed by atoms with Gasteiger partial charge in [-0.3, -0.25) is 19.7 Å². The second-order valence-electron chi connectivity index (χ2n) is 5.11.